The first-order valence-corrected chi connectivity index (χ1v) is 11.3. The number of anilines is 1. The molecule has 1 atom stereocenters. The van der Waals surface area contributed by atoms with Crippen LogP contribution in [0.3, 0.4) is 0 Å². The smallest absolute Gasteiger partial charge is 0.337 e. The molecule has 3 rings (SSSR count). The quantitative estimate of drug-likeness (QED) is 0.542. The van der Waals surface area contributed by atoms with Crippen LogP contribution in [0.2, 0.25) is 0 Å². The molecule has 0 saturated carbocycles. The van der Waals surface area contributed by atoms with Crippen molar-refractivity contribution in [2.45, 2.75) is 55.9 Å². The number of carboxylic acid groups (broad SMARTS) is 1. The topological polar surface area (TPSA) is 105 Å². The van der Waals surface area contributed by atoms with Gasteiger partial charge in [0.25, 0.3) is 0 Å². The van der Waals surface area contributed by atoms with E-state index < -0.39 is 16.0 Å². The third kappa shape index (κ3) is 5.56. The Balaban J connectivity index is 1.65. The molecule has 1 aliphatic carbocycles. The Morgan fingerprint density at radius 3 is 2.79 bits per heavy atom. The Labute approximate surface area is 166 Å². The van der Waals surface area contributed by atoms with E-state index in [2.05, 4.69) is 16.1 Å². The van der Waals surface area contributed by atoms with Gasteiger partial charge in [-0.25, -0.2) is 17.9 Å². The summed E-state index contributed by atoms with van der Waals surface area (Å²) in [6, 6.07) is 4.17. The summed E-state index contributed by atoms with van der Waals surface area (Å²) in [5.41, 5.74) is 1.78. The first kappa shape index (κ1) is 20.8. The van der Waals surface area contributed by atoms with Gasteiger partial charge < -0.3 is 15.2 Å². The third-order valence-corrected chi connectivity index (χ3v) is 6.62. The fourth-order valence-corrected chi connectivity index (χ4v) is 4.69. The normalized spacial score (nSPS) is 20.0. The Morgan fingerprint density at radius 2 is 2.11 bits per heavy atom. The summed E-state index contributed by atoms with van der Waals surface area (Å²) >= 11 is 0. The molecule has 28 heavy (non-hydrogen) atoms. The molecule has 1 aromatic rings. The average molecular weight is 409 g/mol. The van der Waals surface area contributed by atoms with E-state index in [0.717, 1.165) is 32.1 Å². The van der Waals surface area contributed by atoms with Crippen LogP contribution in [0.1, 0.15) is 55.3 Å². The number of nitrogens with one attached hydrogen (secondary N) is 2. The van der Waals surface area contributed by atoms with Crippen molar-refractivity contribution in [2.24, 2.45) is 0 Å². The minimum atomic E-state index is -3.79. The van der Waals surface area contributed by atoms with Gasteiger partial charge in [0.2, 0.25) is 10.0 Å². The molecule has 1 fully saturated rings. The van der Waals surface area contributed by atoms with Crippen LogP contribution in [-0.2, 0) is 14.8 Å². The summed E-state index contributed by atoms with van der Waals surface area (Å²) in [5, 5.41) is 12.7. The lowest BCUT2D eigenvalue weighted by Crippen LogP contribution is -2.32. The summed E-state index contributed by atoms with van der Waals surface area (Å²) in [6.45, 7) is 1.46. The first-order valence-electron chi connectivity index (χ1n) is 9.86. The summed E-state index contributed by atoms with van der Waals surface area (Å²) in [7, 11) is -3.79. The van der Waals surface area contributed by atoms with Crippen LogP contribution in [0.4, 0.5) is 5.69 Å². The van der Waals surface area contributed by atoms with Crippen molar-refractivity contribution in [1.82, 2.24) is 4.72 Å². The van der Waals surface area contributed by atoms with Crippen LogP contribution in [0.5, 0.6) is 0 Å². The fraction of sp³-hybridized carbons (Fsp3) is 0.550. The Kier molecular flexibility index (Phi) is 7.09. The molecule has 1 heterocycles. The predicted molar refractivity (Wildman–Crippen MR) is 107 cm³/mol. The molecule has 8 heteroatoms. The standard InChI is InChI=1S/C20H28N2O5S/c23-20(24)18-13-17(28(25,26)22-14-16-7-4-12-27-16)8-9-19(18)21-11-10-15-5-2-1-3-6-15/h5,8-9,13,16,21-22H,1-4,6-7,10-12,14H2,(H,23,24)/t16-/m0/s1. The Hall–Kier alpha value is -1.90. The van der Waals surface area contributed by atoms with E-state index in [1.807, 2.05) is 0 Å². The molecule has 0 amide bonds. The maximum absolute atomic E-state index is 12.5. The van der Waals surface area contributed by atoms with Gasteiger partial charge in [0.05, 0.1) is 16.6 Å². The van der Waals surface area contributed by atoms with Gasteiger partial charge >= 0.3 is 5.97 Å². The maximum Gasteiger partial charge on any atom is 0.337 e. The van der Waals surface area contributed by atoms with E-state index in [1.54, 1.807) is 0 Å². The minimum Gasteiger partial charge on any atom is -0.478 e. The molecule has 0 radical (unpaired) electrons. The molecule has 0 aromatic heterocycles. The monoisotopic (exact) mass is 408 g/mol. The molecule has 0 unspecified atom stereocenters. The number of ether oxygens (including phenoxy) is 1. The van der Waals surface area contributed by atoms with Gasteiger partial charge in [-0.2, -0.15) is 0 Å². The maximum atomic E-state index is 12.5. The molecule has 2 aliphatic rings. The van der Waals surface area contributed by atoms with Crippen molar-refractivity contribution in [1.29, 1.82) is 0 Å². The lowest BCUT2D eigenvalue weighted by atomic mass is 9.97. The van der Waals surface area contributed by atoms with Crippen LogP contribution >= 0.6 is 0 Å². The SMILES string of the molecule is O=C(O)c1cc(S(=O)(=O)NC[C@@H]2CCCO2)ccc1NCCC1=CCCCC1. The number of aromatic carboxylic acids is 1. The largest absolute Gasteiger partial charge is 0.478 e. The summed E-state index contributed by atoms with van der Waals surface area (Å²) < 4.78 is 33.0. The molecular formula is C20H28N2O5S. The van der Waals surface area contributed by atoms with Gasteiger partial charge in [-0.05, 0) is 63.1 Å². The van der Waals surface area contributed by atoms with Crippen LogP contribution in [0.25, 0.3) is 0 Å². The van der Waals surface area contributed by atoms with Crippen LogP contribution in [-0.4, -0.2) is 45.3 Å². The third-order valence-electron chi connectivity index (χ3n) is 5.20. The lowest BCUT2D eigenvalue weighted by molar-refractivity contribution is 0.0697. The predicted octanol–water partition coefficient (Wildman–Crippen LogP) is 3.14. The molecule has 1 saturated heterocycles. The van der Waals surface area contributed by atoms with E-state index in [4.69, 9.17) is 4.74 Å². The molecule has 0 bridgehead atoms. The Morgan fingerprint density at radius 1 is 1.25 bits per heavy atom. The van der Waals surface area contributed by atoms with E-state index in [-0.39, 0.29) is 23.1 Å². The van der Waals surface area contributed by atoms with Crippen molar-refractivity contribution in [3.05, 3.63) is 35.4 Å². The molecule has 1 aromatic carbocycles. The van der Waals surface area contributed by atoms with E-state index >= 15 is 0 Å². The summed E-state index contributed by atoms with van der Waals surface area (Å²) in [6.07, 6.45) is 9.40. The highest BCUT2D eigenvalue weighted by Gasteiger charge is 2.22. The average Bonchev–Trinajstić information content (AvgIpc) is 3.21. The van der Waals surface area contributed by atoms with Gasteiger partial charge in [-0.3, -0.25) is 0 Å². The number of hydrogen-bond acceptors (Lipinski definition) is 5. The number of rotatable bonds is 9. The van der Waals surface area contributed by atoms with Gasteiger partial charge in [0.1, 0.15) is 0 Å². The fourth-order valence-electron chi connectivity index (χ4n) is 3.60. The number of benzene rings is 1. The van der Waals surface area contributed by atoms with Crippen molar-refractivity contribution in [3.63, 3.8) is 0 Å². The highest BCUT2D eigenvalue weighted by atomic mass is 32.2. The zero-order valence-corrected chi connectivity index (χ0v) is 16.8. The number of carboxylic acids is 1. The van der Waals surface area contributed by atoms with E-state index in [9.17, 15) is 18.3 Å². The molecule has 3 N–H and O–H groups in total. The second-order valence-corrected chi connectivity index (χ2v) is 9.05. The van der Waals surface area contributed by atoms with Gasteiger partial charge in [-0.1, -0.05) is 11.6 Å². The highest BCUT2D eigenvalue weighted by Crippen LogP contribution is 2.23. The molecule has 7 nitrogen and oxygen atoms in total. The molecule has 154 valence electrons. The molecular weight excluding hydrogens is 380 g/mol. The summed E-state index contributed by atoms with van der Waals surface area (Å²) in [4.78, 5) is 11.6. The second-order valence-electron chi connectivity index (χ2n) is 7.28. The van der Waals surface area contributed by atoms with Crippen LogP contribution in [0.15, 0.2) is 34.7 Å². The Bertz CT molecular complexity index is 829. The lowest BCUT2D eigenvalue weighted by Gasteiger charge is -2.15. The van der Waals surface area contributed by atoms with Crippen molar-refractivity contribution < 1.29 is 23.1 Å². The van der Waals surface area contributed by atoms with E-state index in [1.165, 1.54) is 36.6 Å². The van der Waals surface area contributed by atoms with Crippen LogP contribution < -0.4 is 10.0 Å². The van der Waals surface area contributed by atoms with Crippen molar-refractivity contribution >= 4 is 21.7 Å². The zero-order valence-electron chi connectivity index (χ0n) is 15.9. The number of sulfonamides is 1. The van der Waals surface area contributed by atoms with Crippen LogP contribution in [0, 0.1) is 0 Å². The van der Waals surface area contributed by atoms with Crippen molar-refractivity contribution in [3.8, 4) is 0 Å². The van der Waals surface area contributed by atoms with Gasteiger partial charge in [-0.15, -0.1) is 0 Å². The number of allylic oxidation sites excluding steroid dienone is 1. The van der Waals surface area contributed by atoms with Gasteiger partial charge in [0.15, 0.2) is 0 Å². The number of carbonyl (C=O) groups is 1. The first-order chi connectivity index (χ1) is 13.5. The zero-order chi connectivity index (χ0) is 20.0. The molecule has 1 aliphatic heterocycles. The highest BCUT2D eigenvalue weighted by molar-refractivity contribution is 7.89. The van der Waals surface area contributed by atoms with Crippen molar-refractivity contribution in [2.75, 3.05) is 25.0 Å². The second kappa shape index (κ2) is 9.54. The van der Waals surface area contributed by atoms with Gasteiger partial charge in [0, 0.05) is 25.4 Å². The number of hydrogen-bond donors (Lipinski definition) is 3. The minimum absolute atomic E-state index is 0.0439. The molecule has 0 spiro atoms. The summed E-state index contributed by atoms with van der Waals surface area (Å²) in [5.74, 6) is -1.16. The van der Waals surface area contributed by atoms with E-state index in [0.29, 0.717) is 18.8 Å².